The summed E-state index contributed by atoms with van der Waals surface area (Å²) in [7, 11) is 1.52. The maximum atomic E-state index is 14.5. The van der Waals surface area contributed by atoms with Crippen LogP contribution in [0.4, 0.5) is 10.2 Å². The minimum absolute atomic E-state index is 0. The van der Waals surface area contributed by atoms with Gasteiger partial charge in [-0.1, -0.05) is 11.6 Å². The van der Waals surface area contributed by atoms with E-state index in [1.807, 2.05) is 18.2 Å². The van der Waals surface area contributed by atoms with E-state index < -0.39 is 5.82 Å². The van der Waals surface area contributed by atoms with Gasteiger partial charge in [0.1, 0.15) is 17.1 Å². The van der Waals surface area contributed by atoms with E-state index in [0.717, 1.165) is 48.6 Å². The van der Waals surface area contributed by atoms with Crippen molar-refractivity contribution in [1.29, 1.82) is 0 Å². The lowest BCUT2D eigenvalue weighted by Crippen LogP contribution is -2.43. The monoisotopic (exact) mass is 551 g/mol. The molecule has 11 heteroatoms. The van der Waals surface area contributed by atoms with Gasteiger partial charge in [0.05, 0.1) is 28.5 Å². The lowest BCUT2D eigenvalue weighted by atomic mass is 10.0. The van der Waals surface area contributed by atoms with Crippen LogP contribution in [0.5, 0.6) is 5.75 Å². The normalized spacial score (nSPS) is 16.4. The number of nitrogens with one attached hydrogen (secondary N) is 2. The van der Waals surface area contributed by atoms with Crippen LogP contribution in [0.3, 0.4) is 0 Å². The maximum Gasteiger partial charge on any atom is 0.235 e. The number of thioether (sulfide) groups is 1. The van der Waals surface area contributed by atoms with Crippen LogP contribution in [0.25, 0.3) is 10.9 Å². The number of rotatable bonds is 7. The van der Waals surface area contributed by atoms with Crippen LogP contribution < -0.4 is 15.4 Å². The van der Waals surface area contributed by atoms with Gasteiger partial charge in [-0.25, -0.2) is 9.37 Å². The Hall–Kier alpha value is -2.17. The smallest absolute Gasteiger partial charge is 0.235 e. The highest BCUT2D eigenvalue weighted by Crippen LogP contribution is 2.31. The summed E-state index contributed by atoms with van der Waals surface area (Å²) >= 11 is 7.98. The Kier molecular flexibility index (Phi) is 8.90. The highest BCUT2D eigenvalue weighted by atomic mass is 35.5. The van der Waals surface area contributed by atoms with E-state index in [4.69, 9.17) is 16.3 Å². The molecule has 1 aromatic carbocycles. The lowest BCUT2D eigenvalue weighted by Gasteiger charge is -2.32. The molecule has 1 saturated heterocycles. The zero-order valence-electron chi connectivity index (χ0n) is 19.9. The molecule has 0 unspecified atom stereocenters. The van der Waals surface area contributed by atoms with E-state index in [0.29, 0.717) is 52.3 Å². The van der Waals surface area contributed by atoms with Gasteiger partial charge in [0, 0.05) is 36.8 Å². The van der Waals surface area contributed by atoms with Gasteiger partial charge in [0.15, 0.2) is 5.82 Å². The predicted octanol–water partition coefficient (Wildman–Crippen LogP) is 4.69. The fourth-order valence-corrected chi connectivity index (χ4v) is 5.62. The van der Waals surface area contributed by atoms with Gasteiger partial charge in [-0.2, -0.15) is 0 Å². The van der Waals surface area contributed by atoms with Crippen molar-refractivity contribution in [2.45, 2.75) is 36.7 Å². The number of halogens is 3. The number of anilines is 1. The quantitative estimate of drug-likeness (QED) is 0.440. The van der Waals surface area contributed by atoms with E-state index in [1.54, 1.807) is 0 Å². The van der Waals surface area contributed by atoms with Crippen molar-refractivity contribution in [3.8, 4) is 5.75 Å². The van der Waals surface area contributed by atoms with Crippen molar-refractivity contribution in [2.24, 2.45) is 0 Å². The molecule has 0 radical (unpaired) electrons. The molecule has 2 aliphatic heterocycles. The Morgan fingerprint density at radius 1 is 1.31 bits per heavy atom. The van der Waals surface area contributed by atoms with Crippen LogP contribution in [0.15, 0.2) is 35.4 Å². The van der Waals surface area contributed by atoms with Crippen molar-refractivity contribution in [3.63, 3.8) is 0 Å². The van der Waals surface area contributed by atoms with E-state index in [9.17, 15) is 9.18 Å². The summed E-state index contributed by atoms with van der Waals surface area (Å²) < 4.78 is 19.7. The molecule has 5 rings (SSSR count). The summed E-state index contributed by atoms with van der Waals surface area (Å²) in [5.74, 6) is 1.16. The van der Waals surface area contributed by atoms with Gasteiger partial charge < -0.3 is 20.3 Å². The number of ether oxygens (including phenoxy) is 1. The Balaban J connectivity index is 0.00000304. The number of nitrogens with zero attached hydrogens (tertiary/aromatic N) is 3. The summed E-state index contributed by atoms with van der Waals surface area (Å²) in [6, 6.07) is 7.62. The summed E-state index contributed by atoms with van der Waals surface area (Å²) in [5.41, 5.74) is 2.15. The fourth-order valence-electron chi connectivity index (χ4n) is 4.62. The van der Waals surface area contributed by atoms with Crippen LogP contribution in [-0.2, 0) is 17.8 Å². The zero-order valence-corrected chi connectivity index (χ0v) is 22.2. The fraction of sp³-hybridized carbons (Fsp3) is 0.400. The second kappa shape index (κ2) is 11.9. The van der Waals surface area contributed by atoms with Crippen molar-refractivity contribution >= 4 is 58.4 Å². The zero-order chi connectivity index (χ0) is 24.4. The number of hydrogen-bond acceptors (Lipinski definition) is 7. The Morgan fingerprint density at radius 3 is 2.89 bits per heavy atom. The van der Waals surface area contributed by atoms with Crippen LogP contribution in [0, 0.1) is 5.82 Å². The van der Waals surface area contributed by atoms with Crippen LogP contribution in [0.1, 0.15) is 24.1 Å². The summed E-state index contributed by atoms with van der Waals surface area (Å²) in [6.07, 6.45) is 4.31. The second-order valence-corrected chi connectivity index (χ2v) is 10.2. The first kappa shape index (κ1) is 26.9. The third-order valence-electron chi connectivity index (χ3n) is 6.56. The average Bonchev–Trinajstić information content (AvgIpc) is 2.87. The minimum Gasteiger partial charge on any atom is -0.497 e. The van der Waals surface area contributed by atoms with Gasteiger partial charge in [0.2, 0.25) is 5.91 Å². The second-order valence-electron chi connectivity index (χ2n) is 8.82. The van der Waals surface area contributed by atoms with Crippen LogP contribution in [0.2, 0.25) is 5.02 Å². The van der Waals surface area contributed by atoms with Crippen molar-refractivity contribution in [2.75, 3.05) is 37.8 Å². The lowest BCUT2D eigenvalue weighted by molar-refractivity contribution is -0.113. The number of pyridine rings is 2. The number of hydrogen-bond donors (Lipinski definition) is 2. The summed E-state index contributed by atoms with van der Waals surface area (Å²) in [5, 5.41) is 7.71. The third-order valence-corrected chi connectivity index (χ3v) is 7.94. The van der Waals surface area contributed by atoms with E-state index in [1.165, 1.54) is 31.1 Å². The number of methoxy groups -OCH3 is 1. The van der Waals surface area contributed by atoms with Gasteiger partial charge in [-0.15, -0.1) is 24.2 Å². The van der Waals surface area contributed by atoms with Gasteiger partial charge in [-0.3, -0.25) is 9.78 Å². The van der Waals surface area contributed by atoms with Crippen molar-refractivity contribution in [1.82, 2.24) is 20.2 Å². The molecular weight excluding hydrogens is 524 g/mol. The molecule has 0 saturated carbocycles. The first-order chi connectivity index (χ1) is 17.0. The Bertz CT molecular complexity index is 1260. The molecule has 0 atom stereocenters. The molecule has 1 fully saturated rings. The highest BCUT2D eigenvalue weighted by molar-refractivity contribution is 8.00. The molecule has 2 N–H and O–H groups in total. The molecule has 4 heterocycles. The van der Waals surface area contributed by atoms with Crippen molar-refractivity contribution in [3.05, 3.63) is 52.6 Å². The van der Waals surface area contributed by atoms with Crippen molar-refractivity contribution < 1.29 is 13.9 Å². The number of amides is 1. The molecule has 2 aliphatic rings. The van der Waals surface area contributed by atoms with E-state index >= 15 is 0 Å². The molecule has 36 heavy (non-hydrogen) atoms. The molecular formula is C25H28Cl2FN5O2S. The molecule has 3 aromatic rings. The highest BCUT2D eigenvalue weighted by Gasteiger charge is 2.21. The first-order valence-corrected chi connectivity index (χ1v) is 13.1. The summed E-state index contributed by atoms with van der Waals surface area (Å²) in [4.78, 5) is 23.8. The predicted molar refractivity (Wildman–Crippen MR) is 144 cm³/mol. The molecule has 0 aliphatic carbocycles. The average molecular weight is 553 g/mol. The summed E-state index contributed by atoms with van der Waals surface area (Å²) in [6.45, 7) is 3.46. The maximum absolute atomic E-state index is 14.5. The molecule has 2 aromatic heterocycles. The number of carbonyl (C=O) groups is 1. The van der Waals surface area contributed by atoms with Gasteiger partial charge in [-0.05, 0) is 56.1 Å². The number of aromatic nitrogens is 2. The molecule has 0 bridgehead atoms. The number of fused-ring (bicyclic) bond motifs is 2. The van der Waals surface area contributed by atoms with E-state index in [2.05, 4.69) is 25.5 Å². The van der Waals surface area contributed by atoms with Crippen LogP contribution >= 0.6 is 35.8 Å². The first-order valence-electron chi connectivity index (χ1n) is 11.7. The van der Waals surface area contributed by atoms with E-state index in [-0.39, 0.29) is 18.3 Å². The molecule has 192 valence electrons. The third kappa shape index (κ3) is 6.03. The topological polar surface area (TPSA) is 79.4 Å². The Labute approximate surface area is 224 Å². The SMILES string of the molecule is COc1cc(F)c2ncc(Cl)c(CCN3CCC(NCc4ccc5c(n4)NC(=O)CS5)CC3)c2c1.Cl. The molecule has 0 spiro atoms. The number of benzene rings is 1. The van der Waals surface area contributed by atoms with Gasteiger partial charge in [0.25, 0.3) is 0 Å². The minimum atomic E-state index is -0.404. The number of piperidine rings is 1. The Morgan fingerprint density at radius 2 is 2.11 bits per heavy atom. The number of carbonyl (C=O) groups excluding carboxylic acids is 1. The van der Waals surface area contributed by atoms with Gasteiger partial charge >= 0.3 is 0 Å². The van der Waals surface area contributed by atoms with Crippen LogP contribution in [-0.4, -0.2) is 59.3 Å². The largest absolute Gasteiger partial charge is 0.497 e. The number of likely N-dealkylation sites (tertiary alicyclic amines) is 1. The molecule has 7 nitrogen and oxygen atoms in total. The standard InChI is InChI=1S/C25H27ClFN5O2S.ClH/c1-34-17-10-19-18(20(26)13-29-24(19)21(27)11-17)6-9-32-7-4-15(5-8-32)28-12-16-2-3-22-25(30-16)31-23(33)14-35-22;/h2-3,10-11,13,15,28H,4-9,12,14H2,1H3,(H,30,31,33);1H. The molecule has 1 amide bonds.